The van der Waals surface area contributed by atoms with Gasteiger partial charge in [0.05, 0.1) is 24.5 Å². The number of hydrogen-bond acceptors (Lipinski definition) is 5. The molecule has 1 N–H and O–H groups in total. The minimum atomic E-state index is -0.749. The van der Waals surface area contributed by atoms with Gasteiger partial charge < -0.3 is 19.6 Å². The Morgan fingerprint density at radius 1 is 1.29 bits per heavy atom. The minimum Gasteiger partial charge on any atom is -0.396 e. The Kier molecular flexibility index (Phi) is 4.87. The molecule has 3 aliphatic heterocycles. The number of aliphatic hydroxyl groups excluding tert-OH is 1. The van der Waals surface area contributed by atoms with Gasteiger partial charge in [-0.15, -0.1) is 0 Å². The maximum Gasteiger partial charge on any atom is 0.234 e. The fraction of sp³-hybridized carbons (Fsp3) is 0.375. The highest BCUT2D eigenvalue weighted by molar-refractivity contribution is 6.03. The van der Waals surface area contributed by atoms with Crippen LogP contribution in [0.1, 0.15) is 11.1 Å². The largest absolute Gasteiger partial charge is 0.396 e. The molecule has 2 fully saturated rings. The zero-order valence-corrected chi connectivity index (χ0v) is 17.3. The van der Waals surface area contributed by atoms with Crippen LogP contribution in [0, 0.1) is 11.8 Å². The topological polar surface area (TPSA) is 83.0 Å². The number of anilines is 1. The van der Waals surface area contributed by atoms with Crippen molar-refractivity contribution < 1.29 is 19.4 Å². The number of aliphatic hydroxyl groups is 1. The normalized spacial score (nSPS) is 28.3. The third-order valence-corrected chi connectivity index (χ3v) is 6.55. The van der Waals surface area contributed by atoms with Gasteiger partial charge in [-0.05, 0) is 35.7 Å². The second kappa shape index (κ2) is 7.59. The molecule has 2 aromatic rings. The zero-order chi connectivity index (χ0) is 21.6. The van der Waals surface area contributed by atoms with Crippen molar-refractivity contribution in [2.24, 2.45) is 11.8 Å². The van der Waals surface area contributed by atoms with Crippen molar-refractivity contribution in [2.75, 3.05) is 25.1 Å². The van der Waals surface area contributed by atoms with E-state index < -0.39 is 17.4 Å². The van der Waals surface area contributed by atoms with Gasteiger partial charge in [0, 0.05) is 38.3 Å². The number of fused-ring (bicyclic) bond motifs is 1. The number of hydrogen-bond donors (Lipinski definition) is 1. The van der Waals surface area contributed by atoms with Crippen molar-refractivity contribution in [3.05, 3.63) is 72.1 Å². The van der Waals surface area contributed by atoms with Crippen LogP contribution in [0.15, 0.2) is 60.9 Å². The molecule has 160 valence electrons. The quantitative estimate of drug-likeness (QED) is 0.719. The molecule has 7 nitrogen and oxygen atoms in total. The summed E-state index contributed by atoms with van der Waals surface area (Å²) in [4.78, 5) is 34.3. The molecule has 5 rings (SSSR count). The fourth-order valence-corrected chi connectivity index (χ4v) is 5.07. The zero-order valence-electron chi connectivity index (χ0n) is 17.3. The number of nitrogens with zero attached hydrogens (tertiary/aromatic N) is 3. The van der Waals surface area contributed by atoms with Gasteiger partial charge in [0.15, 0.2) is 0 Å². The number of rotatable bonds is 6. The average molecular weight is 419 g/mol. The van der Waals surface area contributed by atoms with E-state index in [1.54, 1.807) is 29.2 Å². The molecule has 0 saturated carbocycles. The summed E-state index contributed by atoms with van der Waals surface area (Å²) in [6.45, 7) is 0.923. The van der Waals surface area contributed by atoms with Gasteiger partial charge in [0.2, 0.25) is 11.8 Å². The van der Waals surface area contributed by atoms with Crippen LogP contribution in [0.4, 0.5) is 5.69 Å². The summed E-state index contributed by atoms with van der Waals surface area (Å²) >= 11 is 0. The van der Waals surface area contributed by atoms with Crippen LogP contribution in [0.25, 0.3) is 0 Å². The Morgan fingerprint density at radius 3 is 2.81 bits per heavy atom. The lowest BCUT2D eigenvalue weighted by atomic mass is 9.76. The molecule has 4 atom stereocenters. The molecule has 0 unspecified atom stereocenters. The number of ether oxygens (including phenoxy) is 1. The van der Waals surface area contributed by atoms with Crippen LogP contribution >= 0.6 is 0 Å². The van der Waals surface area contributed by atoms with Gasteiger partial charge in [-0.3, -0.25) is 14.6 Å². The standard InChI is InChI=1S/C24H25N3O4/c1-26(14-17-3-2-11-25-13-17)22(29)20-19-8-10-24(31-19)15-27(23(30)21(20)24)18-6-4-16(5-7-18)9-12-28/h2-8,10-11,13,19-21,28H,9,12,14-15H2,1H3/t19-,20-,21+,24-/m0/s1. The molecule has 0 radical (unpaired) electrons. The molecule has 1 spiro atoms. The van der Waals surface area contributed by atoms with Crippen LogP contribution < -0.4 is 4.90 Å². The number of carbonyl (C=O) groups excluding carboxylic acids is 2. The molecular formula is C24H25N3O4. The first-order valence-electron chi connectivity index (χ1n) is 10.5. The Morgan fingerprint density at radius 2 is 2.10 bits per heavy atom. The van der Waals surface area contributed by atoms with Gasteiger partial charge >= 0.3 is 0 Å². The molecule has 1 aromatic carbocycles. The van der Waals surface area contributed by atoms with E-state index in [-0.39, 0.29) is 24.5 Å². The second-order valence-corrected chi connectivity index (χ2v) is 8.52. The van der Waals surface area contributed by atoms with E-state index in [0.717, 1.165) is 16.8 Å². The molecule has 2 saturated heterocycles. The van der Waals surface area contributed by atoms with Crippen molar-refractivity contribution in [1.29, 1.82) is 0 Å². The van der Waals surface area contributed by atoms with Gasteiger partial charge in [-0.1, -0.05) is 30.4 Å². The highest BCUT2D eigenvalue weighted by Crippen LogP contribution is 2.53. The average Bonchev–Trinajstić information content (AvgIpc) is 3.43. The molecule has 7 heteroatoms. The number of aromatic nitrogens is 1. The molecule has 2 bridgehead atoms. The van der Waals surface area contributed by atoms with E-state index in [1.807, 2.05) is 48.6 Å². The maximum atomic E-state index is 13.5. The smallest absolute Gasteiger partial charge is 0.234 e. The van der Waals surface area contributed by atoms with E-state index in [0.29, 0.717) is 19.5 Å². The Balaban J connectivity index is 1.38. The molecule has 31 heavy (non-hydrogen) atoms. The van der Waals surface area contributed by atoms with Gasteiger partial charge in [-0.2, -0.15) is 0 Å². The summed E-state index contributed by atoms with van der Waals surface area (Å²) in [7, 11) is 1.76. The lowest BCUT2D eigenvalue weighted by Crippen LogP contribution is -2.44. The van der Waals surface area contributed by atoms with Crippen molar-refractivity contribution in [3.8, 4) is 0 Å². The lowest BCUT2D eigenvalue weighted by molar-refractivity contribution is -0.139. The van der Waals surface area contributed by atoms with E-state index in [9.17, 15) is 9.59 Å². The fourth-order valence-electron chi connectivity index (χ4n) is 5.07. The minimum absolute atomic E-state index is 0.0742. The molecule has 2 amide bonds. The highest BCUT2D eigenvalue weighted by Gasteiger charge is 2.67. The Hall–Kier alpha value is -3.03. The van der Waals surface area contributed by atoms with E-state index in [2.05, 4.69) is 4.98 Å². The summed E-state index contributed by atoms with van der Waals surface area (Å²) in [5, 5.41) is 9.11. The van der Waals surface area contributed by atoms with E-state index in [4.69, 9.17) is 9.84 Å². The van der Waals surface area contributed by atoms with E-state index in [1.165, 1.54) is 0 Å². The van der Waals surface area contributed by atoms with Crippen LogP contribution in [-0.2, 0) is 27.3 Å². The number of benzene rings is 1. The summed E-state index contributed by atoms with van der Waals surface area (Å²) in [5.74, 6) is -1.21. The SMILES string of the molecule is CN(Cc1cccnc1)C(=O)[C@H]1[C@@H]2C=C[C@@]3(CN(c4ccc(CCO)cc4)C(=O)[C@@H]13)O2. The van der Waals surface area contributed by atoms with E-state index >= 15 is 0 Å². The van der Waals surface area contributed by atoms with Crippen molar-refractivity contribution in [3.63, 3.8) is 0 Å². The van der Waals surface area contributed by atoms with Crippen LogP contribution in [-0.4, -0.2) is 58.7 Å². The number of carbonyl (C=O) groups is 2. The summed E-state index contributed by atoms with van der Waals surface area (Å²) in [5.41, 5.74) is 1.99. The van der Waals surface area contributed by atoms with Crippen LogP contribution in [0.5, 0.6) is 0 Å². The Labute approximate surface area is 180 Å². The molecule has 0 aliphatic carbocycles. The summed E-state index contributed by atoms with van der Waals surface area (Å²) in [6.07, 6.45) is 7.54. The van der Waals surface area contributed by atoms with Gasteiger partial charge in [0.1, 0.15) is 5.60 Å². The second-order valence-electron chi connectivity index (χ2n) is 8.52. The van der Waals surface area contributed by atoms with Crippen LogP contribution in [0.2, 0.25) is 0 Å². The first kappa shape index (κ1) is 19.9. The molecule has 1 aromatic heterocycles. The Bertz CT molecular complexity index is 1020. The molecule has 3 aliphatic rings. The third kappa shape index (κ3) is 3.25. The number of amides is 2. The lowest BCUT2D eigenvalue weighted by Gasteiger charge is -2.27. The first-order chi connectivity index (χ1) is 15.0. The monoisotopic (exact) mass is 419 g/mol. The summed E-state index contributed by atoms with van der Waals surface area (Å²) < 4.78 is 6.24. The summed E-state index contributed by atoms with van der Waals surface area (Å²) in [6, 6.07) is 11.4. The highest BCUT2D eigenvalue weighted by atomic mass is 16.5. The van der Waals surface area contributed by atoms with Gasteiger partial charge in [0.25, 0.3) is 0 Å². The van der Waals surface area contributed by atoms with Crippen molar-refractivity contribution in [1.82, 2.24) is 9.88 Å². The first-order valence-corrected chi connectivity index (χ1v) is 10.5. The predicted octanol–water partition coefficient (Wildman–Crippen LogP) is 1.56. The number of pyridine rings is 1. The van der Waals surface area contributed by atoms with Crippen molar-refractivity contribution in [2.45, 2.75) is 24.7 Å². The molecule has 4 heterocycles. The predicted molar refractivity (Wildman–Crippen MR) is 114 cm³/mol. The maximum absolute atomic E-state index is 13.5. The molecular weight excluding hydrogens is 394 g/mol. The van der Waals surface area contributed by atoms with Crippen molar-refractivity contribution >= 4 is 17.5 Å². The van der Waals surface area contributed by atoms with Gasteiger partial charge in [-0.25, -0.2) is 0 Å². The van der Waals surface area contributed by atoms with Crippen LogP contribution in [0.3, 0.4) is 0 Å². The third-order valence-electron chi connectivity index (χ3n) is 6.55.